The number of nitrogens with two attached hydrogens (primary N) is 1. The van der Waals surface area contributed by atoms with Gasteiger partial charge in [0.25, 0.3) is 0 Å². The monoisotopic (exact) mass is 522 g/mol. The van der Waals surface area contributed by atoms with Crippen LogP contribution in [-0.2, 0) is 23.4 Å². The number of esters is 1. The number of nitrogens with zero attached hydrogens (tertiary/aromatic N) is 4. The molecule has 0 bridgehead atoms. The Labute approximate surface area is 206 Å². The van der Waals surface area contributed by atoms with Crippen molar-refractivity contribution in [2.45, 2.75) is 44.4 Å². The van der Waals surface area contributed by atoms with E-state index in [0.29, 0.717) is 17.0 Å². The van der Waals surface area contributed by atoms with Gasteiger partial charge in [0, 0.05) is 0 Å². The molecule has 2 aromatic heterocycles. The number of fused-ring (bicyclic) bond motifs is 1. The standard InChI is InChI=1S/C21H27N6O8P/c1-11(21(30)32-3)26-36(31,35-13-7-5-4-6-8-13)33-9-14-16(28)17(29)20(34-14)27-10-23-15-18(22)24-12(2)25-19(15)27/h4-8,10-11,14,16-17,20,28-29H,9H2,1-3H3,(H,26,31)(H2,22,24,25)/t11-,14?,16?,17?,20?,36?/m1/s1. The van der Waals surface area contributed by atoms with Crippen molar-refractivity contribution in [1.29, 1.82) is 0 Å². The highest BCUT2D eigenvalue weighted by Gasteiger charge is 2.46. The molecule has 1 fully saturated rings. The van der Waals surface area contributed by atoms with E-state index in [1.54, 1.807) is 37.3 Å². The van der Waals surface area contributed by atoms with Gasteiger partial charge in [0.2, 0.25) is 0 Å². The molecular weight excluding hydrogens is 495 g/mol. The Bertz CT molecular complexity index is 1270. The average Bonchev–Trinajstić information content (AvgIpc) is 3.38. The molecule has 0 amide bonds. The molecule has 14 nitrogen and oxygen atoms in total. The maximum Gasteiger partial charge on any atom is 0.459 e. The molecule has 194 valence electrons. The fourth-order valence-corrected chi connectivity index (χ4v) is 5.18. The van der Waals surface area contributed by atoms with Gasteiger partial charge in [-0.25, -0.2) is 19.5 Å². The molecule has 6 atom stereocenters. The van der Waals surface area contributed by atoms with Gasteiger partial charge >= 0.3 is 13.7 Å². The first-order valence-electron chi connectivity index (χ1n) is 10.9. The summed E-state index contributed by atoms with van der Waals surface area (Å²) in [6.45, 7) is 2.62. The minimum Gasteiger partial charge on any atom is -0.468 e. The number of aliphatic hydroxyl groups excluding tert-OH is 2. The highest BCUT2D eigenvalue weighted by Crippen LogP contribution is 2.46. The molecule has 1 aliphatic heterocycles. The molecule has 0 saturated carbocycles. The highest BCUT2D eigenvalue weighted by molar-refractivity contribution is 7.52. The molecule has 0 spiro atoms. The molecule has 5 N–H and O–H groups in total. The van der Waals surface area contributed by atoms with Gasteiger partial charge in [-0.2, -0.15) is 5.09 Å². The van der Waals surface area contributed by atoms with Crippen molar-refractivity contribution >= 4 is 30.7 Å². The lowest BCUT2D eigenvalue weighted by Gasteiger charge is -2.24. The average molecular weight is 522 g/mol. The minimum absolute atomic E-state index is 0.161. The van der Waals surface area contributed by atoms with E-state index in [0.717, 1.165) is 0 Å². The van der Waals surface area contributed by atoms with E-state index in [1.807, 2.05) is 0 Å². The lowest BCUT2D eigenvalue weighted by molar-refractivity contribution is -0.142. The molecule has 3 aromatic rings. The smallest absolute Gasteiger partial charge is 0.459 e. The molecule has 1 aromatic carbocycles. The number of nitrogen functional groups attached to an aromatic ring is 1. The van der Waals surface area contributed by atoms with E-state index in [-0.39, 0.29) is 11.6 Å². The van der Waals surface area contributed by atoms with Gasteiger partial charge in [0.15, 0.2) is 17.7 Å². The Kier molecular flexibility index (Phi) is 7.54. The Morgan fingerprint density at radius 1 is 1.28 bits per heavy atom. The summed E-state index contributed by atoms with van der Waals surface area (Å²) in [6.07, 6.45) is -3.67. The first-order chi connectivity index (χ1) is 17.1. The summed E-state index contributed by atoms with van der Waals surface area (Å²) >= 11 is 0. The summed E-state index contributed by atoms with van der Waals surface area (Å²) in [4.78, 5) is 24.4. The molecule has 5 unspecified atom stereocenters. The third-order valence-electron chi connectivity index (χ3n) is 5.46. The molecule has 1 saturated heterocycles. The van der Waals surface area contributed by atoms with E-state index in [1.165, 1.54) is 24.9 Å². The number of methoxy groups -OCH3 is 1. The van der Waals surface area contributed by atoms with Gasteiger partial charge < -0.3 is 29.9 Å². The fourth-order valence-electron chi connectivity index (χ4n) is 3.68. The van der Waals surface area contributed by atoms with Crippen LogP contribution in [0.3, 0.4) is 0 Å². The number of imidazole rings is 1. The molecule has 15 heteroatoms. The van der Waals surface area contributed by atoms with Crippen LogP contribution in [0.15, 0.2) is 36.7 Å². The van der Waals surface area contributed by atoms with Crippen molar-refractivity contribution in [3.8, 4) is 5.75 Å². The van der Waals surface area contributed by atoms with E-state index in [9.17, 15) is 19.6 Å². The maximum atomic E-state index is 13.5. The molecule has 0 radical (unpaired) electrons. The third kappa shape index (κ3) is 5.33. The fraction of sp³-hybridized carbons (Fsp3) is 0.429. The summed E-state index contributed by atoms with van der Waals surface area (Å²) in [5, 5.41) is 23.8. The van der Waals surface area contributed by atoms with Crippen LogP contribution < -0.4 is 15.3 Å². The van der Waals surface area contributed by atoms with Crippen LogP contribution in [-0.4, -0.2) is 73.8 Å². The SMILES string of the molecule is COC(=O)[C@@H](C)NP(=O)(OCC1OC(n2cnc3c(N)nc(C)nc32)C(O)C1O)Oc1ccccc1. The van der Waals surface area contributed by atoms with E-state index in [2.05, 4.69) is 24.8 Å². The number of anilines is 1. The van der Waals surface area contributed by atoms with Crippen LogP contribution in [0.2, 0.25) is 0 Å². The van der Waals surface area contributed by atoms with Gasteiger partial charge in [0.05, 0.1) is 20.0 Å². The number of carbonyl (C=O) groups excluding carboxylic acids is 1. The van der Waals surface area contributed by atoms with Crippen LogP contribution >= 0.6 is 7.75 Å². The van der Waals surface area contributed by atoms with Crippen molar-refractivity contribution in [2.75, 3.05) is 19.5 Å². The lowest BCUT2D eigenvalue weighted by atomic mass is 10.1. The second-order valence-corrected chi connectivity index (χ2v) is 9.79. The number of hydrogen-bond acceptors (Lipinski definition) is 12. The van der Waals surface area contributed by atoms with Crippen LogP contribution in [0.1, 0.15) is 19.0 Å². The lowest BCUT2D eigenvalue weighted by Crippen LogP contribution is -2.37. The molecule has 36 heavy (non-hydrogen) atoms. The van der Waals surface area contributed by atoms with Crippen molar-refractivity contribution in [3.05, 3.63) is 42.5 Å². The Morgan fingerprint density at radius 3 is 2.69 bits per heavy atom. The first kappa shape index (κ1) is 25.9. The third-order valence-corrected chi connectivity index (χ3v) is 7.10. The number of carbonyl (C=O) groups is 1. The number of aryl methyl sites for hydroxylation is 1. The maximum absolute atomic E-state index is 13.5. The Balaban J connectivity index is 1.52. The number of rotatable bonds is 9. The van der Waals surface area contributed by atoms with Crippen LogP contribution in [0.4, 0.5) is 5.82 Å². The number of para-hydroxylation sites is 1. The molecule has 4 rings (SSSR count). The normalized spacial score (nSPS) is 24.4. The van der Waals surface area contributed by atoms with E-state index >= 15 is 0 Å². The zero-order valence-electron chi connectivity index (χ0n) is 19.7. The van der Waals surface area contributed by atoms with Gasteiger partial charge in [-0.1, -0.05) is 18.2 Å². The summed E-state index contributed by atoms with van der Waals surface area (Å²) in [6, 6.07) is 7.15. The van der Waals surface area contributed by atoms with Gasteiger partial charge in [0.1, 0.15) is 41.4 Å². The number of aliphatic hydroxyl groups is 2. The number of nitrogens with one attached hydrogen (secondary N) is 1. The summed E-state index contributed by atoms with van der Waals surface area (Å²) in [7, 11) is -2.99. The summed E-state index contributed by atoms with van der Waals surface area (Å²) in [5.41, 5.74) is 6.53. The van der Waals surface area contributed by atoms with Gasteiger partial charge in [-0.3, -0.25) is 13.9 Å². The van der Waals surface area contributed by atoms with E-state index in [4.69, 9.17) is 19.5 Å². The number of ether oxygens (including phenoxy) is 2. The van der Waals surface area contributed by atoms with Crippen molar-refractivity contribution < 1.29 is 38.1 Å². The van der Waals surface area contributed by atoms with Crippen molar-refractivity contribution in [3.63, 3.8) is 0 Å². The number of hydrogen-bond donors (Lipinski definition) is 4. The molecular formula is C21H27N6O8P. The van der Waals surface area contributed by atoms with Gasteiger partial charge in [-0.15, -0.1) is 0 Å². The van der Waals surface area contributed by atoms with Crippen LogP contribution in [0.25, 0.3) is 11.2 Å². The molecule has 0 aliphatic carbocycles. The highest BCUT2D eigenvalue weighted by atomic mass is 31.2. The summed E-state index contributed by atoms with van der Waals surface area (Å²) in [5.74, 6) is 0.0776. The largest absolute Gasteiger partial charge is 0.468 e. The summed E-state index contributed by atoms with van der Waals surface area (Å²) < 4.78 is 36.5. The quantitative estimate of drug-likeness (QED) is 0.227. The topological polar surface area (TPSA) is 193 Å². The number of aromatic nitrogens is 4. The van der Waals surface area contributed by atoms with Crippen LogP contribution in [0.5, 0.6) is 5.75 Å². The predicted octanol–water partition coefficient (Wildman–Crippen LogP) is 0.691. The Hall–Kier alpha value is -3.13. The second kappa shape index (κ2) is 10.5. The first-order valence-corrected chi connectivity index (χ1v) is 12.5. The number of benzene rings is 1. The predicted molar refractivity (Wildman–Crippen MR) is 126 cm³/mol. The van der Waals surface area contributed by atoms with Crippen LogP contribution in [0, 0.1) is 6.92 Å². The molecule has 1 aliphatic rings. The minimum atomic E-state index is -4.18. The van der Waals surface area contributed by atoms with Crippen molar-refractivity contribution in [1.82, 2.24) is 24.6 Å². The molecule has 3 heterocycles. The van der Waals surface area contributed by atoms with Crippen molar-refractivity contribution in [2.24, 2.45) is 0 Å². The zero-order valence-corrected chi connectivity index (χ0v) is 20.6. The second-order valence-electron chi connectivity index (χ2n) is 8.10. The Morgan fingerprint density at radius 2 is 2.00 bits per heavy atom. The zero-order chi connectivity index (χ0) is 26.0. The van der Waals surface area contributed by atoms with Gasteiger partial charge in [-0.05, 0) is 26.0 Å². The van der Waals surface area contributed by atoms with E-state index < -0.39 is 50.9 Å².